The first-order valence-corrected chi connectivity index (χ1v) is 7.50. The minimum atomic E-state index is -0.792. The van der Waals surface area contributed by atoms with E-state index in [1.807, 2.05) is 32.0 Å². The number of aliphatic carboxylic acids is 1. The van der Waals surface area contributed by atoms with Gasteiger partial charge in [0, 0.05) is 16.3 Å². The second kappa shape index (κ2) is 6.68. The Balaban J connectivity index is 2.02. The van der Waals surface area contributed by atoms with Gasteiger partial charge in [-0.15, -0.1) is 11.3 Å². The molecule has 1 aromatic heterocycles. The van der Waals surface area contributed by atoms with E-state index in [0.29, 0.717) is 6.54 Å². The topological polar surface area (TPSA) is 49.3 Å². The highest BCUT2D eigenvalue weighted by molar-refractivity contribution is 7.15. The maximum Gasteiger partial charge on any atom is 0.320 e. The Bertz CT molecular complexity index is 563. The molecular weight excluding hydrogens is 270 g/mol. The molecule has 0 amide bonds. The maximum atomic E-state index is 11.1. The third-order valence-corrected chi connectivity index (χ3v) is 4.28. The quantitative estimate of drug-likeness (QED) is 0.854. The van der Waals surface area contributed by atoms with E-state index in [1.54, 1.807) is 11.3 Å². The van der Waals surface area contributed by atoms with Crippen molar-refractivity contribution in [3.8, 4) is 10.4 Å². The highest BCUT2D eigenvalue weighted by Crippen LogP contribution is 2.27. The molecule has 0 bridgehead atoms. The van der Waals surface area contributed by atoms with Crippen molar-refractivity contribution in [2.45, 2.75) is 26.4 Å². The van der Waals surface area contributed by atoms with Crippen molar-refractivity contribution in [1.29, 1.82) is 0 Å². The van der Waals surface area contributed by atoms with E-state index in [0.717, 1.165) is 4.88 Å². The molecule has 106 valence electrons. The number of benzene rings is 1. The minimum absolute atomic E-state index is 0.0704. The van der Waals surface area contributed by atoms with Crippen molar-refractivity contribution in [3.05, 3.63) is 47.3 Å². The van der Waals surface area contributed by atoms with Crippen LogP contribution in [-0.4, -0.2) is 17.1 Å². The molecule has 0 spiro atoms. The fourth-order valence-electron chi connectivity index (χ4n) is 2.05. The molecule has 0 unspecified atom stereocenters. The molecular formula is C16H19NO2S. The van der Waals surface area contributed by atoms with Crippen molar-refractivity contribution < 1.29 is 9.90 Å². The molecule has 1 atom stereocenters. The summed E-state index contributed by atoms with van der Waals surface area (Å²) in [6.45, 7) is 4.41. The number of carboxylic acids is 1. The highest BCUT2D eigenvalue weighted by Gasteiger charge is 2.20. The highest BCUT2D eigenvalue weighted by atomic mass is 32.1. The number of rotatable bonds is 6. The zero-order valence-electron chi connectivity index (χ0n) is 11.7. The average Bonchev–Trinajstić information content (AvgIpc) is 2.88. The second-order valence-electron chi connectivity index (χ2n) is 5.07. The summed E-state index contributed by atoms with van der Waals surface area (Å²) in [7, 11) is 0. The fourth-order valence-corrected chi connectivity index (χ4v) is 3.01. The summed E-state index contributed by atoms with van der Waals surface area (Å²) in [5.74, 6) is -0.721. The SMILES string of the molecule is CC(C)[C@@H](NCc1ccc(-c2ccccc2)s1)C(=O)O. The van der Waals surface area contributed by atoms with Gasteiger partial charge >= 0.3 is 5.97 Å². The molecule has 2 aromatic rings. The summed E-state index contributed by atoms with van der Waals surface area (Å²) in [4.78, 5) is 13.5. The summed E-state index contributed by atoms with van der Waals surface area (Å²) in [6, 6.07) is 13.8. The molecule has 0 aliphatic heterocycles. The molecule has 4 heteroatoms. The molecule has 0 saturated heterocycles. The maximum absolute atomic E-state index is 11.1. The van der Waals surface area contributed by atoms with Crippen LogP contribution in [0.15, 0.2) is 42.5 Å². The van der Waals surface area contributed by atoms with Gasteiger partial charge in [0.2, 0.25) is 0 Å². The van der Waals surface area contributed by atoms with Crippen LogP contribution in [0, 0.1) is 5.92 Å². The summed E-state index contributed by atoms with van der Waals surface area (Å²) in [5.41, 5.74) is 1.20. The summed E-state index contributed by atoms with van der Waals surface area (Å²) < 4.78 is 0. The lowest BCUT2D eigenvalue weighted by molar-refractivity contribution is -0.140. The van der Waals surface area contributed by atoms with Gasteiger partial charge in [-0.05, 0) is 23.6 Å². The van der Waals surface area contributed by atoms with Gasteiger partial charge in [0.25, 0.3) is 0 Å². The molecule has 0 saturated carbocycles. The first-order chi connectivity index (χ1) is 9.58. The van der Waals surface area contributed by atoms with Crippen LogP contribution in [0.25, 0.3) is 10.4 Å². The first kappa shape index (κ1) is 14.8. The number of nitrogens with one attached hydrogen (secondary N) is 1. The van der Waals surface area contributed by atoms with Gasteiger partial charge in [0.15, 0.2) is 0 Å². The Kier molecular flexibility index (Phi) is 4.93. The Morgan fingerprint density at radius 2 is 1.90 bits per heavy atom. The first-order valence-electron chi connectivity index (χ1n) is 6.68. The minimum Gasteiger partial charge on any atom is -0.480 e. The van der Waals surface area contributed by atoms with Crippen LogP contribution in [0.2, 0.25) is 0 Å². The van der Waals surface area contributed by atoms with Crippen LogP contribution in [0.3, 0.4) is 0 Å². The summed E-state index contributed by atoms with van der Waals surface area (Å²) in [5, 5.41) is 12.3. The molecule has 20 heavy (non-hydrogen) atoms. The molecule has 0 aliphatic carbocycles. The van der Waals surface area contributed by atoms with Gasteiger partial charge in [-0.2, -0.15) is 0 Å². The van der Waals surface area contributed by atoms with Crippen LogP contribution in [-0.2, 0) is 11.3 Å². The predicted molar refractivity (Wildman–Crippen MR) is 82.9 cm³/mol. The third-order valence-electron chi connectivity index (χ3n) is 3.15. The lowest BCUT2D eigenvalue weighted by Gasteiger charge is -2.17. The molecule has 0 fully saturated rings. The number of thiophene rings is 1. The van der Waals surface area contributed by atoms with E-state index < -0.39 is 12.0 Å². The molecule has 1 heterocycles. The Morgan fingerprint density at radius 3 is 2.50 bits per heavy atom. The van der Waals surface area contributed by atoms with E-state index in [1.165, 1.54) is 10.4 Å². The Labute approximate surface area is 123 Å². The molecule has 1 aromatic carbocycles. The number of carbonyl (C=O) groups is 1. The van der Waals surface area contributed by atoms with Crippen molar-refractivity contribution >= 4 is 17.3 Å². The normalized spacial score (nSPS) is 12.6. The Morgan fingerprint density at radius 1 is 1.20 bits per heavy atom. The van der Waals surface area contributed by atoms with Crippen molar-refractivity contribution in [2.75, 3.05) is 0 Å². The van der Waals surface area contributed by atoms with E-state index in [9.17, 15) is 4.79 Å². The number of hydrogen-bond acceptors (Lipinski definition) is 3. The van der Waals surface area contributed by atoms with E-state index in [4.69, 9.17) is 5.11 Å². The van der Waals surface area contributed by atoms with Gasteiger partial charge in [0.05, 0.1) is 0 Å². The fraction of sp³-hybridized carbons (Fsp3) is 0.312. The molecule has 0 aliphatic rings. The zero-order valence-corrected chi connectivity index (χ0v) is 12.5. The summed E-state index contributed by atoms with van der Waals surface area (Å²) >= 11 is 1.70. The molecule has 0 radical (unpaired) electrons. The van der Waals surface area contributed by atoms with Gasteiger partial charge in [-0.1, -0.05) is 44.2 Å². The van der Waals surface area contributed by atoms with Crippen molar-refractivity contribution in [1.82, 2.24) is 5.32 Å². The van der Waals surface area contributed by atoms with Crippen LogP contribution in [0.4, 0.5) is 0 Å². The Hall–Kier alpha value is -1.65. The molecule has 2 rings (SSSR count). The predicted octanol–water partition coefficient (Wildman–Crippen LogP) is 3.61. The largest absolute Gasteiger partial charge is 0.480 e. The average molecular weight is 289 g/mol. The van der Waals surface area contributed by atoms with Crippen LogP contribution in [0.1, 0.15) is 18.7 Å². The standard InChI is InChI=1S/C16H19NO2S/c1-11(2)15(16(18)19)17-10-13-8-9-14(20-13)12-6-4-3-5-7-12/h3-9,11,15,17H,10H2,1-2H3,(H,18,19)/t15-/m1/s1. The van der Waals surface area contributed by atoms with Crippen LogP contribution in [0.5, 0.6) is 0 Å². The van der Waals surface area contributed by atoms with Gasteiger partial charge in [-0.3, -0.25) is 10.1 Å². The van der Waals surface area contributed by atoms with Crippen molar-refractivity contribution in [3.63, 3.8) is 0 Å². The van der Waals surface area contributed by atoms with Gasteiger partial charge < -0.3 is 5.11 Å². The number of hydrogen-bond donors (Lipinski definition) is 2. The zero-order chi connectivity index (χ0) is 14.5. The van der Waals surface area contributed by atoms with Gasteiger partial charge in [0.1, 0.15) is 6.04 Å². The number of carboxylic acid groups (broad SMARTS) is 1. The van der Waals surface area contributed by atoms with Crippen LogP contribution < -0.4 is 5.32 Å². The lowest BCUT2D eigenvalue weighted by Crippen LogP contribution is -2.40. The second-order valence-corrected chi connectivity index (χ2v) is 6.24. The van der Waals surface area contributed by atoms with E-state index in [-0.39, 0.29) is 5.92 Å². The molecule has 3 nitrogen and oxygen atoms in total. The van der Waals surface area contributed by atoms with Gasteiger partial charge in [-0.25, -0.2) is 0 Å². The molecule has 2 N–H and O–H groups in total. The van der Waals surface area contributed by atoms with Crippen molar-refractivity contribution in [2.24, 2.45) is 5.92 Å². The van der Waals surface area contributed by atoms with Crippen LogP contribution >= 0.6 is 11.3 Å². The summed E-state index contributed by atoms with van der Waals surface area (Å²) in [6.07, 6.45) is 0. The smallest absolute Gasteiger partial charge is 0.320 e. The lowest BCUT2D eigenvalue weighted by atomic mass is 10.1. The monoisotopic (exact) mass is 289 g/mol. The van der Waals surface area contributed by atoms with E-state index in [2.05, 4.69) is 29.6 Å². The third kappa shape index (κ3) is 3.68. The van der Waals surface area contributed by atoms with E-state index >= 15 is 0 Å².